The summed E-state index contributed by atoms with van der Waals surface area (Å²) in [7, 11) is 2.09. The molecule has 1 aromatic heterocycles. The Morgan fingerprint density at radius 2 is 1.86 bits per heavy atom. The third kappa shape index (κ3) is 4.63. The van der Waals surface area contributed by atoms with Gasteiger partial charge in [-0.3, -0.25) is 0 Å². The van der Waals surface area contributed by atoms with E-state index in [-0.39, 0.29) is 0 Å². The molecule has 0 aliphatic rings. The highest BCUT2D eigenvalue weighted by atomic mass is 32.1. The molecule has 0 saturated heterocycles. The summed E-state index contributed by atoms with van der Waals surface area (Å²) < 4.78 is 0. The molecule has 1 aromatic carbocycles. The molecule has 4 heteroatoms. The van der Waals surface area contributed by atoms with Gasteiger partial charge in [0.05, 0.1) is 17.3 Å². The predicted molar refractivity (Wildman–Crippen MR) is 88.7 cm³/mol. The van der Waals surface area contributed by atoms with Gasteiger partial charge in [-0.1, -0.05) is 29.3 Å². The van der Waals surface area contributed by atoms with Gasteiger partial charge >= 0.3 is 0 Å². The van der Waals surface area contributed by atoms with Crippen molar-refractivity contribution in [1.82, 2.24) is 9.88 Å². The van der Waals surface area contributed by atoms with Crippen LogP contribution in [0.4, 0.5) is 0 Å². The van der Waals surface area contributed by atoms with Crippen LogP contribution in [0.1, 0.15) is 39.8 Å². The van der Waals surface area contributed by atoms with Crippen LogP contribution < -0.4 is 0 Å². The Morgan fingerprint density at radius 3 is 2.43 bits per heavy atom. The van der Waals surface area contributed by atoms with Crippen LogP contribution in [0.2, 0.25) is 0 Å². The van der Waals surface area contributed by atoms with Crippen LogP contribution in [0.3, 0.4) is 0 Å². The molecule has 0 spiro atoms. The molecule has 1 heterocycles. The number of rotatable bonds is 6. The van der Waals surface area contributed by atoms with E-state index in [4.69, 9.17) is 0 Å². The first-order chi connectivity index (χ1) is 9.95. The minimum Gasteiger partial charge on any atom is -0.388 e. The van der Waals surface area contributed by atoms with Crippen LogP contribution >= 0.6 is 11.3 Å². The van der Waals surface area contributed by atoms with Crippen molar-refractivity contribution >= 4 is 11.3 Å². The first-order valence-corrected chi connectivity index (χ1v) is 8.17. The second-order valence-corrected chi connectivity index (χ2v) is 6.76. The van der Waals surface area contributed by atoms with Gasteiger partial charge in [0.2, 0.25) is 0 Å². The van der Waals surface area contributed by atoms with Gasteiger partial charge in [-0.25, -0.2) is 4.98 Å². The Balaban J connectivity index is 1.88. The molecule has 21 heavy (non-hydrogen) atoms. The summed E-state index contributed by atoms with van der Waals surface area (Å²) in [6, 6.07) is 6.28. The van der Waals surface area contributed by atoms with E-state index in [1.807, 2.05) is 12.4 Å². The molecular weight excluding hydrogens is 280 g/mol. The first kappa shape index (κ1) is 16.1. The second kappa shape index (κ2) is 7.16. The van der Waals surface area contributed by atoms with E-state index < -0.39 is 6.10 Å². The second-order valence-electron chi connectivity index (χ2n) is 5.82. The van der Waals surface area contributed by atoms with Crippen LogP contribution in [-0.4, -0.2) is 28.6 Å². The summed E-state index contributed by atoms with van der Waals surface area (Å²) in [6.07, 6.45) is 0.352. The Kier molecular flexibility index (Phi) is 5.51. The zero-order valence-electron chi connectivity index (χ0n) is 13.3. The lowest BCUT2D eigenvalue weighted by atomic mass is 10.0. The van der Waals surface area contributed by atoms with Gasteiger partial charge in [0.1, 0.15) is 0 Å². The third-order valence-electron chi connectivity index (χ3n) is 3.67. The summed E-state index contributed by atoms with van der Waals surface area (Å²) in [5.41, 5.74) is 6.44. The third-order valence-corrected chi connectivity index (χ3v) is 4.59. The number of aromatic nitrogens is 1. The monoisotopic (exact) mass is 304 g/mol. The maximum Gasteiger partial charge on any atom is 0.0802 e. The van der Waals surface area contributed by atoms with Crippen molar-refractivity contribution in [3.63, 3.8) is 0 Å². The highest BCUT2D eigenvalue weighted by Crippen LogP contribution is 2.21. The van der Waals surface area contributed by atoms with Crippen LogP contribution in [-0.2, 0) is 6.54 Å². The molecule has 0 aliphatic heterocycles. The van der Waals surface area contributed by atoms with Gasteiger partial charge in [-0.15, -0.1) is 11.3 Å². The van der Waals surface area contributed by atoms with Crippen molar-refractivity contribution in [3.8, 4) is 0 Å². The van der Waals surface area contributed by atoms with Crippen molar-refractivity contribution < 1.29 is 5.11 Å². The van der Waals surface area contributed by atoms with Crippen molar-refractivity contribution in [2.24, 2.45) is 0 Å². The fourth-order valence-corrected chi connectivity index (χ4v) is 3.37. The van der Waals surface area contributed by atoms with Crippen LogP contribution in [0.25, 0.3) is 0 Å². The number of hydrogen-bond donors (Lipinski definition) is 1. The van der Waals surface area contributed by atoms with E-state index in [0.29, 0.717) is 0 Å². The largest absolute Gasteiger partial charge is 0.388 e. The average Bonchev–Trinajstić information content (AvgIpc) is 2.80. The van der Waals surface area contributed by atoms with E-state index >= 15 is 0 Å². The number of aryl methyl sites for hydroxylation is 3. The molecule has 0 aliphatic carbocycles. The van der Waals surface area contributed by atoms with Gasteiger partial charge in [-0.05, 0) is 39.8 Å². The molecule has 114 valence electrons. The fourth-order valence-electron chi connectivity index (χ4n) is 2.51. The molecule has 0 bridgehead atoms. The first-order valence-electron chi connectivity index (χ1n) is 7.29. The fraction of sp³-hybridized carbons (Fsp3) is 0.471. The maximum absolute atomic E-state index is 10.4. The molecule has 2 rings (SSSR count). The van der Waals surface area contributed by atoms with E-state index in [1.165, 1.54) is 16.0 Å². The molecule has 2 aromatic rings. The molecule has 0 fully saturated rings. The van der Waals surface area contributed by atoms with E-state index in [2.05, 4.69) is 49.0 Å². The van der Waals surface area contributed by atoms with Gasteiger partial charge in [0, 0.05) is 18.0 Å². The van der Waals surface area contributed by atoms with Gasteiger partial charge < -0.3 is 10.0 Å². The zero-order chi connectivity index (χ0) is 15.4. The van der Waals surface area contributed by atoms with E-state index in [0.717, 1.165) is 30.8 Å². The van der Waals surface area contributed by atoms with Crippen LogP contribution in [0.15, 0.2) is 23.7 Å². The Labute approximate surface area is 131 Å². The van der Waals surface area contributed by atoms with E-state index in [1.54, 1.807) is 11.3 Å². The standard InChI is InChI=1S/C17H24N2OS/c1-12-7-13(2)9-15(8-12)16(20)5-6-19(4)10-17-14(3)18-11-21-17/h7-9,11,16,20H,5-6,10H2,1-4H3. The number of nitrogens with zero attached hydrogens (tertiary/aromatic N) is 2. The van der Waals surface area contributed by atoms with Gasteiger partial charge in [-0.2, -0.15) is 0 Å². The molecule has 1 N–H and O–H groups in total. The van der Waals surface area contributed by atoms with Crippen LogP contribution in [0.5, 0.6) is 0 Å². The molecule has 0 saturated carbocycles. The highest BCUT2D eigenvalue weighted by molar-refractivity contribution is 7.09. The summed E-state index contributed by atoms with van der Waals surface area (Å²) >= 11 is 1.70. The van der Waals surface area contributed by atoms with E-state index in [9.17, 15) is 5.11 Å². The SMILES string of the molecule is Cc1cc(C)cc(C(O)CCN(C)Cc2scnc2C)c1. The number of aliphatic hydroxyl groups is 1. The quantitative estimate of drug-likeness (QED) is 0.885. The summed E-state index contributed by atoms with van der Waals surface area (Å²) in [4.78, 5) is 7.82. The Morgan fingerprint density at radius 1 is 1.19 bits per heavy atom. The molecular formula is C17H24N2OS. The highest BCUT2D eigenvalue weighted by Gasteiger charge is 2.11. The lowest BCUT2D eigenvalue weighted by Crippen LogP contribution is -2.21. The lowest BCUT2D eigenvalue weighted by molar-refractivity contribution is 0.148. The zero-order valence-corrected chi connectivity index (χ0v) is 14.1. The maximum atomic E-state index is 10.4. The molecule has 0 radical (unpaired) electrons. The van der Waals surface area contributed by atoms with Crippen LogP contribution in [0, 0.1) is 20.8 Å². The smallest absolute Gasteiger partial charge is 0.0802 e. The molecule has 1 atom stereocenters. The Hall–Kier alpha value is -1.23. The predicted octanol–water partition coefficient (Wildman–Crippen LogP) is 3.62. The van der Waals surface area contributed by atoms with Gasteiger partial charge in [0.25, 0.3) is 0 Å². The topological polar surface area (TPSA) is 36.4 Å². The lowest BCUT2D eigenvalue weighted by Gasteiger charge is -2.19. The molecule has 1 unspecified atom stereocenters. The normalized spacial score (nSPS) is 12.9. The minimum absolute atomic E-state index is 0.395. The van der Waals surface area contributed by atoms with Gasteiger partial charge in [0.15, 0.2) is 0 Å². The molecule has 3 nitrogen and oxygen atoms in total. The summed E-state index contributed by atoms with van der Waals surface area (Å²) in [5.74, 6) is 0. The summed E-state index contributed by atoms with van der Waals surface area (Å²) in [5, 5.41) is 10.4. The number of aliphatic hydroxyl groups excluding tert-OH is 1. The van der Waals surface area contributed by atoms with Crippen molar-refractivity contribution in [2.75, 3.05) is 13.6 Å². The summed E-state index contributed by atoms with van der Waals surface area (Å²) in [6.45, 7) is 7.95. The number of benzene rings is 1. The molecule has 0 amide bonds. The Bertz CT molecular complexity index is 574. The minimum atomic E-state index is -0.395. The van der Waals surface area contributed by atoms with Crippen molar-refractivity contribution in [3.05, 3.63) is 51.0 Å². The number of thiazole rings is 1. The average molecular weight is 304 g/mol. The number of hydrogen-bond acceptors (Lipinski definition) is 4. The van der Waals surface area contributed by atoms with Crippen molar-refractivity contribution in [1.29, 1.82) is 0 Å². The van der Waals surface area contributed by atoms with Crippen molar-refractivity contribution in [2.45, 2.75) is 39.8 Å².